The van der Waals surface area contributed by atoms with Gasteiger partial charge in [0.25, 0.3) is 0 Å². The van der Waals surface area contributed by atoms with Gasteiger partial charge in [0.1, 0.15) is 0 Å². The first-order valence-electron chi connectivity index (χ1n) is 3.91. The van der Waals surface area contributed by atoms with E-state index in [1.807, 2.05) is 16.7 Å². The third kappa shape index (κ3) is 2.71. The molecule has 3 nitrogen and oxygen atoms in total. The number of nitrogens with one attached hydrogen (secondary N) is 1. The van der Waals surface area contributed by atoms with Crippen LogP contribution in [0.15, 0.2) is 0 Å². The third-order valence-electron chi connectivity index (χ3n) is 1.64. The lowest BCUT2D eigenvalue weighted by Gasteiger charge is -2.13. The molecule has 1 aliphatic rings. The molecule has 0 saturated carbocycles. The fourth-order valence-corrected chi connectivity index (χ4v) is 1.66. The van der Waals surface area contributed by atoms with E-state index in [4.69, 9.17) is 0 Å². The summed E-state index contributed by atoms with van der Waals surface area (Å²) in [6, 6.07) is 0. The first kappa shape index (κ1) is 8.87. The quantitative estimate of drug-likeness (QED) is 0.615. The average Bonchev–Trinajstić information content (AvgIpc) is 2.37. The molecule has 4 heteroatoms. The highest BCUT2D eigenvalue weighted by atomic mass is 32.2. The summed E-state index contributed by atoms with van der Waals surface area (Å²) in [5, 5.41) is 3.02. The van der Waals surface area contributed by atoms with Crippen molar-refractivity contribution in [2.75, 3.05) is 31.3 Å². The molecule has 64 valence electrons. The van der Waals surface area contributed by atoms with E-state index in [2.05, 4.69) is 12.2 Å². The number of carbonyl (C=O) groups excluding carboxylic acids is 1. The summed E-state index contributed by atoms with van der Waals surface area (Å²) in [5.41, 5.74) is 0. The van der Waals surface area contributed by atoms with E-state index in [-0.39, 0.29) is 5.91 Å². The zero-order valence-corrected chi connectivity index (χ0v) is 7.62. The SMILES string of the molecule is CCSCCN1CNCC1=O. The largest absolute Gasteiger partial charge is 0.328 e. The van der Waals surface area contributed by atoms with Crippen molar-refractivity contribution >= 4 is 17.7 Å². The van der Waals surface area contributed by atoms with Gasteiger partial charge in [0.2, 0.25) is 5.91 Å². The normalized spacial score (nSPS) is 17.9. The van der Waals surface area contributed by atoms with Crippen LogP contribution in [0.2, 0.25) is 0 Å². The maximum absolute atomic E-state index is 11.0. The fourth-order valence-electron chi connectivity index (χ4n) is 1.02. The van der Waals surface area contributed by atoms with Crippen molar-refractivity contribution in [2.45, 2.75) is 6.92 Å². The minimum Gasteiger partial charge on any atom is -0.328 e. The minimum absolute atomic E-state index is 0.238. The molecule has 0 aliphatic carbocycles. The molecule has 1 rings (SSSR count). The van der Waals surface area contributed by atoms with Gasteiger partial charge in [-0.3, -0.25) is 10.1 Å². The van der Waals surface area contributed by atoms with E-state index < -0.39 is 0 Å². The van der Waals surface area contributed by atoms with Crippen LogP contribution < -0.4 is 5.32 Å². The van der Waals surface area contributed by atoms with E-state index in [0.29, 0.717) is 6.54 Å². The molecule has 0 atom stereocenters. The van der Waals surface area contributed by atoms with Crippen LogP contribution in [-0.2, 0) is 4.79 Å². The monoisotopic (exact) mass is 174 g/mol. The van der Waals surface area contributed by atoms with E-state index in [1.54, 1.807) is 0 Å². The number of rotatable bonds is 4. The Morgan fingerprint density at radius 2 is 2.55 bits per heavy atom. The van der Waals surface area contributed by atoms with Crippen molar-refractivity contribution < 1.29 is 4.79 Å². The van der Waals surface area contributed by atoms with Crippen LogP contribution >= 0.6 is 11.8 Å². The molecule has 1 aliphatic heterocycles. The zero-order chi connectivity index (χ0) is 8.10. The van der Waals surface area contributed by atoms with Crippen LogP contribution in [-0.4, -0.2) is 42.1 Å². The topological polar surface area (TPSA) is 32.3 Å². The summed E-state index contributed by atoms with van der Waals surface area (Å²) in [5.74, 6) is 2.43. The molecule has 0 unspecified atom stereocenters. The lowest BCUT2D eigenvalue weighted by Crippen LogP contribution is -2.28. The molecule has 1 amide bonds. The lowest BCUT2D eigenvalue weighted by atomic mass is 10.5. The summed E-state index contributed by atoms with van der Waals surface area (Å²) in [6.07, 6.45) is 0. The van der Waals surface area contributed by atoms with Gasteiger partial charge in [-0.2, -0.15) is 11.8 Å². The standard InChI is InChI=1S/C7H14N2OS/c1-2-11-4-3-9-6-8-5-7(9)10/h8H,2-6H2,1H3. The number of hydrogen-bond donors (Lipinski definition) is 1. The van der Waals surface area contributed by atoms with E-state index in [1.165, 1.54) is 0 Å². The fraction of sp³-hybridized carbons (Fsp3) is 0.857. The van der Waals surface area contributed by atoms with Gasteiger partial charge in [0, 0.05) is 12.3 Å². The molecule has 0 spiro atoms. The number of carbonyl (C=O) groups is 1. The maximum atomic E-state index is 11.0. The van der Waals surface area contributed by atoms with Crippen LogP contribution in [0.4, 0.5) is 0 Å². The molecule has 1 heterocycles. The molecule has 11 heavy (non-hydrogen) atoms. The minimum atomic E-state index is 0.238. The second-order valence-electron chi connectivity index (χ2n) is 2.44. The van der Waals surface area contributed by atoms with Crippen molar-refractivity contribution in [3.05, 3.63) is 0 Å². The first-order valence-corrected chi connectivity index (χ1v) is 5.06. The molecule has 1 fully saturated rings. The molecule has 0 aromatic heterocycles. The lowest BCUT2D eigenvalue weighted by molar-refractivity contribution is -0.126. The molecule has 1 N–H and O–H groups in total. The Kier molecular flexibility index (Phi) is 3.72. The third-order valence-corrected chi connectivity index (χ3v) is 2.52. The van der Waals surface area contributed by atoms with Crippen LogP contribution in [0.1, 0.15) is 6.92 Å². The van der Waals surface area contributed by atoms with Gasteiger partial charge in [-0.1, -0.05) is 6.92 Å². The van der Waals surface area contributed by atoms with E-state index >= 15 is 0 Å². The second-order valence-corrected chi connectivity index (χ2v) is 3.83. The van der Waals surface area contributed by atoms with Crippen molar-refractivity contribution in [3.63, 3.8) is 0 Å². The first-order chi connectivity index (χ1) is 5.34. The molecule has 0 aromatic carbocycles. The van der Waals surface area contributed by atoms with Crippen LogP contribution in [0.25, 0.3) is 0 Å². The number of hydrogen-bond acceptors (Lipinski definition) is 3. The summed E-state index contributed by atoms with van der Waals surface area (Å²) in [4.78, 5) is 12.9. The van der Waals surface area contributed by atoms with Crippen LogP contribution in [0, 0.1) is 0 Å². The average molecular weight is 174 g/mol. The van der Waals surface area contributed by atoms with Gasteiger partial charge in [0.05, 0.1) is 13.2 Å². The summed E-state index contributed by atoms with van der Waals surface area (Å²) in [7, 11) is 0. The van der Waals surface area contributed by atoms with Crippen molar-refractivity contribution in [1.82, 2.24) is 10.2 Å². The Morgan fingerprint density at radius 1 is 1.73 bits per heavy atom. The molecule has 0 aromatic rings. The molecular formula is C7H14N2OS. The Labute approximate surface area is 71.5 Å². The van der Waals surface area contributed by atoms with Crippen molar-refractivity contribution in [1.29, 1.82) is 0 Å². The Morgan fingerprint density at radius 3 is 3.09 bits per heavy atom. The zero-order valence-electron chi connectivity index (χ0n) is 6.80. The molecular weight excluding hydrogens is 160 g/mol. The van der Waals surface area contributed by atoms with Gasteiger partial charge in [-0.25, -0.2) is 0 Å². The summed E-state index contributed by atoms with van der Waals surface area (Å²) >= 11 is 1.88. The van der Waals surface area contributed by atoms with Gasteiger partial charge >= 0.3 is 0 Å². The molecule has 0 radical (unpaired) electrons. The number of amides is 1. The summed E-state index contributed by atoms with van der Waals surface area (Å²) < 4.78 is 0. The predicted molar refractivity (Wildman–Crippen MR) is 47.6 cm³/mol. The highest BCUT2D eigenvalue weighted by Crippen LogP contribution is 2.01. The molecule has 1 saturated heterocycles. The van der Waals surface area contributed by atoms with E-state index in [0.717, 1.165) is 24.7 Å². The Hall–Kier alpha value is -0.220. The summed E-state index contributed by atoms with van der Waals surface area (Å²) in [6.45, 7) is 4.29. The predicted octanol–water partition coefficient (Wildman–Crippen LogP) is 0.129. The van der Waals surface area contributed by atoms with Crippen LogP contribution in [0.5, 0.6) is 0 Å². The van der Waals surface area contributed by atoms with Gasteiger partial charge in [0.15, 0.2) is 0 Å². The van der Waals surface area contributed by atoms with Crippen molar-refractivity contribution in [2.24, 2.45) is 0 Å². The second kappa shape index (κ2) is 4.62. The Balaban J connectivity index is 2.10. The van der Waals surface area contributed by atoms with Crippen molar-refractivity contribution in [3.8, 4) is 0 Å². The highest BCUT2D eigenvalue weighted by molar-refractivity contribution is 7.99. The number of thioether (sulfide) groups is 1. The van der Waals surface area contributed by atoms with Gasteiger partial charge < -0.3 is 4.90 Å². The van der Waals surface area contributed by atoms with Crippen LogP contribution in [0.3, 0.4) is 0 Å². The maximum Gasteiger partial charge on any atom is 0.237 e. The van der Waals surface area contributed by atoms with E-state index in [9.17, 15) is 4.79 Å². The van der Waals surface area contributed by atoms with Gasteiger partial charge in [-0.05, 0) is 5.75 Å². The van der Waals surface area contributed by atoms with Gasteiger partial charge in [-0.15, -0.1) is 0 Å². The Bertz CT molecular complexity index is 140. The molecule has 0 bridgehead atoms. The number of nitrogens with zero attached hydrogens (tertiary/aromatic N) is 1. The smallest absolute Gasteiger partial charge is 0.237 e. The highest BCUT2D eigenvalue weighted by Gasteiger charge is 2.17.